The van der Waals surface area contributed by atoms with Gasteiger partial charge >= 0.3 is 0 Å². The van der Waals surface area contributed by atoms with Crippen molar-refractivity contribution in [3.63, 3.8) is 0 Å². The van der Waals surface area contributed by atoms with E-state index in [1.807, 2.05) is 19.0 Å². The number of aromatic nitrogens is 3. The van der Waals surface area contributed by atoms with Crippen molar-refractivity contribution < 1.29 is 0 Å². The number of hydrogen-bond donors (Lipinski definition) is 0. The van der Waals surface area contributed by atoms with E-state index in [0.29, 0.717) is 17.6 Å². The monoisotopic (exact) mass is 218 g/mol. The summed E-state index contributed by atoms with van der Waals surface area (Å²) in [4.78, 5) is 22.2. The van der Waals surface area contributed by atoms with Crippen LogP contribution in [0.4, 0.5) is 0 Å². The maximum atomic E-state index is 12.0. The van der Waals surface area contributed by atoms with E-state index in [1.54, 1.807) is 29.2 Å². The van der Waals surface area contributed by atoms with Crippen LogP contribution in [0.2, 0.25) is 0 Å². The second-order valence-electron chi connectivity index (χ2n) is 3.92. The molecule has 0 aliphatic rings. The zero-order valence-electron chi connectivity index (χ0n) is 9.42. The lowest BCUT2D eigenvalue weighted by molar-refractivity contribution is 0.380. The second kappa shape index (κ2) is 4.40. The highest BCUT2D eigenvalue weighted by molar-refractivity contribution is 5.72. The molecule has 0 aliphatic carbocycles. The number of fused-ring (bicyclic) bond motifs is 1. The first kappa shape index (κ1) is 10.8. The average Bonchev–Trinajstić information content (AvgIpc) is 2.28. The van der Waals surface area contributed by atoms with Gasteiger partial charge in [0.1, 0.15) is 6.33 Å². The Balaban J connectivity index is 2.41. The third-order valence-corrected chi connectivity index (χ3v) is 2.39. The minimum absolute atomic E-state index is 0.0278. The van der Waals surface area contributed by atoms with Crippen LogP contribution in [0.1, 0.15) is 0 Å². The zero-order valence-corrected chi connectivity index (χ0v) is 9.42. The fourth-order valence-electron chi connectivity index (χ4n) is 1.47. The van der Waals surface area contributed by atoms with Crippen LogP contribution in [0.25, 0.3) is 11.0 Å². The molecule has 5 nitrogen and oxygen atoms in total. The van der Waals surface area contributed by atoms with Gasteiger partial charge in [-0.15, -0.1) is 0 Å². The maximum Gasteiger partial charge on any atom is 0.262 e. The van der Waals surface area contributed by atoms with Crippen molar-refractivity contribution in [1.29, 1.82) is 0 Å². The summed E-state index contributed by atoms with van der Waals surface area (Å²) in [6.07, 6.45) is 3.19. The van der Waals surface area contributed by atoms with E-state index in [1.165, 1.54) is 0 Å². The van der Waals surface area contributed by atoms with Crippen LogP contribution < -0.4 is 5.56 Å². The lowest BCUT2D eigenvalue weighted by atomic mass is 10.3. The predicted molar refractivity (Wildman–Crippen MR) is 62.4 cm³/mol. The Labute approximate surface area is 93.4 Å². The third-order valence-electron chi connectivity index (χ3n) is 2.39. The molecule has 2 rings (SSSR count). The van der Waals surface area contributed by atoms with E-state index in [4.69, 9.17) is 0 Å². The van der Waals surface area contributed by atoms with Crippen molar-refractivity contribution in [2.45, 2.75) is 6.54 Å². The quantitative estimate of drug-likeness (QED) is 0.746. The Kier molecular flexibility index (Phi) is 2.96. The van der Waals surface area contributed by atoms with Crippen LogP contribution in [0.15, 0.2) is 29.5 Å². The second-order valence-corrected chi connectivity index (χ2v) is 3.92. The van der Waals surface area contributed by atoms with Gasteiger partial charge in [0.15, 0.2) is 5.65 Å². The Morgan fingerprint density at radius 3 is 2.94 bits per heavy atom. The van der Waals surface area contributed by atoms with E-state index in [9.17, 15) is 4.79 Å². The lowest BCUT2D eigenvalue weighted by Gasteiger charge is -2.10. The summed E-state index contributed by atoms with van der Waals surface area (Å²) in [6, 6.07) is 3.51. The molecule has 0 saturated heterocycles. The van der Waals surface area contributed by atoms with E-state index in [0.717, 1.165) is 6.54 Å². The zero-order chi connectivity index (χ0) is 11.5. The van der Waals surface area contributed by atoms with E-state index in [-0.39, 0.29) is 5.56 Å². The summed E-state index contributed by atoms with van der Waals surface area (Å²) < 4.78 is 1.62. The molecule has 5 heteroatoms. The van der Waals surface area contributed by atoms with Crippen molar-refractivity contribution in [2.75, 3.05) is 20.6 Å². The van der Waals surface area contributed by atoms with E-state index >= 15 is 0 Å². The van der Waals surface area contributed by atoms with Gasteiger partial charge in [0.25, 0.3) is 5.56 Å². The fourth-order valence-corrected chi connectivity index (χ4v) is 1.47. The summed E-state index contributed by atoms with van der Waals surface area (Å²) in [5, 5.41) is 0.573. The SMILES string of the molecule is CN(C)CCn1cnc2ncccc2c1=O. The minimum atomic E-state index is -0.0278. The van der Waals surface area contributed by atoms with Crippen LogP contribution in [0, 0.1) is 0 Å². The molecule has 84 valence electrons. The highest BCUT2D eigenvalue weighted by Crippen LogP contribution is 2.00. The van der Waals surface area contributed by atoms with E-state index < -0.39 is 0 Å². The molecule has 0 N–H and O–H groups in total. The first-order valence-corrected chi connectivity index (χ1v) is 5.13. The Hall–Kier alpha value is -1.75. The molecular formula is C11H14N4O. The molecule has 0 radical (unpaired) electrons. The molecule has 0 spiro atoms. The molecule has 2 aromatic heterocycles. The molecule has 16 heavy (non-hydrogen) atoms. The van der Waals surface area contributed by atoms with Crippen molar-refractivity contribution in [1.82, 2.24) is 19.4 Å². The van der Waals surface area contributed by atoms with Gasteiger partial charge in [-0.3, -0.25) is 9.36 Å². The fraction of sp³-hybridized carbons (Fsp3) is 0.364. The molecule has 0 amide bonds. The van der Waals surface area contributed by atoms with E-state index in [2.05, 4.69) is 9.97 Å². The molecule has 2 aromatic rings. The first-order chi connectivity index (χ1) is 7.68. The summed E-state index contributed by atoms with van der Waals surface area (Å²) >= 11 is 0. The molecule has 0 fully saturated rings. The lowest BCUT2D eigenvalue weighted by Crippen LogP contribution is -2.26. The van der Waals surface area contributed by atoms with Crippen LogP contribution in [-0.4, -0.2) is 40.1 Å². The molecule has 0 aromatic carbocycles. The minimum Gasteiger partial charge on any atom is -0.308 e. The Morgan fingerprint density at radius 1 is 1.38 bits per heavy atom. The molecule has 0 saturated carbocycles. The van der Waals surface area contributed by atoms with Crippen molar-refractivity contribution in [3.05, 3.63) is 35.0 Å². The topological polar surface area (TPSA) is 51.0 Å². The Bertz CT molecular complexity index is 547. The van der Waals surface area contributed by atoms with Crippen LogP contribution in [0.3, 0.4) is 0 Å². The van der Waals surface area contributed by atoms with Gasteiger partial charge in [0.05, 0.1) is 5.39 Å². The third kappa shape index (κ3) is 2.09. The summed E-state index contributed by atoms with van der Waals surface area (Å²) in [5.41, 5.74) is 0.480. The van der Waals surface area contributed by atoms with Crippen molar-refractivity contribution in [3.8, 4) is 0 Å². The van der Waals surface area contributed by atoms with Crippen molar-refractivity contribution >= 4 is 11.0 Å². The van der Waals surface area contributed by atoms with Crippen LogP contribution in [-0.2, 0) is 6.54 Å². The van der Waals surface area contributed by atoms with Gasteiger partial charge in [-0.1, -0.05) is 0 Å². The molecular weight excluding hydrogens is 204 g/mol. The van der Waals surface area contributed by atoms with Gasteiger partial charge in [-0.05, 0) is 26.2 Å². The number of pyridine rings is 1. The summed E-state index contributed by atoms with van der Waals surface area (Å²) in [5.74, 6) is 0. The van der Waals surface area contributed by atoms with Gasteiger partial charge < -0.3 is 4.90 Å². The van der Waals surface area contributed by atoms with Gasteiger partial charge in [0, 0.05) is 19.3 Å². The largest absolute Gasteiger partial charge is 0.308 e. The highest BCUT2D eigenvalue weighted by Gasteiger charge is 2.03. The van der Waals surface area contributed by atoms with Crippen LogP contribution in [0.5, 0.6) is 0 Å². The molecule has 0 bridgehead atoms. The first-order valence-electron chi connectivity index (χ1n) is 5.13. The number of rotatable bonds is 3. The number of likely N-dealkylation sites (N-methyl/N-ethyl adjacent to an activating group) is 1. The average molecular weight is 218 g/mol. The summed E-state index contributed by atoms with van der Waals surface area (Å²) in [6.45, 7) is 1.46. The molecule has 0 unspecified atom stereocenters. The number of nitrogens with zero attached hydrogens (tertiary/aromatic N) is 4. The van der Waals surface area contributed by atoms with Gasteiger partial charge in [-0.2, -0.15) is 0 Å². The predicted octanol–water partition coefficient (Wildman–Crippen LogP) is 0.353. The standard InChI is InChI=1S/C11H14N4O/c1-14(2)6-7-15-8-13-10-9(11(15)16)4-3-5-12-10/h3-5,8H,6-7H2,1-2H3. The van der Waals surface area contributed by atoms with Crippen molar-refractivity contribution in [2.24, 2.45) is 0 Å². The van der Waals surface area contributed by atoms with Gasteiger partial charge in [0.2, 0.25) is 0 Å². The summed E-state index contributed by atoms with van der Waals surface area (Å²) in [7, 11) is 3.95. The number of hydrogen-bond acceptors (Lipinski definition) is 4. The molecule has 0 atom stereocenters. The Morgan fingerprint density at radius 2 is 2.19 bits per heavy atom. The van der Waals surface area contributed by atoms with Crippen LogP contribution >= 0.6 is 0 Å². The van der Waals surface area contributed by atoms with Gasteiger partial charge in [-0.25, -0.2) is 9.97 Å². The smallest absolute Gasteiger partial charge is 0.262 e. The molecule has 0 aliphatic heterocycles. The highest BCUT2D eigenvalue weighted by atomic mass is 16.1. The molecule has 2 heterocycles. The normalized spacial score (nSPS) is 11.2. The maximum absolute atomic E-state index is 12.0.